The molecular weight excluding hydrogens is 418 g/mol. The van der Waals surface area contributed by atoms with Crippen molar-refractivity contribution >= 4 is 14.4 Å². The number of hydrogen-bond acceptors (Lipinski definition) is 2. The zero-order valence-corrected chi connectivity index (χ0v) is 20.9. The van der Waals surface area contributed by atoms with E-state index in [1.165, 1.54) is 16.7 Å². The first kappa shape index (κ1) is 28.4. The van der Waals surface area contributed by atoms with E-state index in [1.54, 1.807) is 0 Å². The van der Waals surface area contributed by atoms with Gasteiger partial charge in [0.05, 0.1) is 6.42 Å². The number of benzene rings is 4. The predicted octanol–water partition coefficient (Wildman–Crippen LogP) is 2.60. The van der Waals surface area contributed by atoms with Crippen LogP contribution in [0, 0.1) is 0 Å². The van der Waals surface area contributed by atoms with E-state index in [1.807, 2.05) is 72.8 Å². The van der Waals surface area contributed by atoms with E-state index in [9.17, 15) is 4.79 Å². The molecule has 2 N–H and O–H groups in total. The van der Waals surface area contributed by atoms with Gasteiger partial charge in [0, 0.05) is 15.0 Å². The quantitative estimate of drug-likeness (QED) is 0.449. The topological polar surface area (TPSA) is 57.5 Å². The molecule has 0 spiro atoms. The van der Waals surface area contributed by atoms with Gasteiger partial charge in [-0.05, 0) is 39.8 Å². The number of hydrogen-bond donors (Lipinski definition) is 2. The fourth-order valence-corrected chi connectivity index (χ4v) is 3.24. The van der Waals surface area contributed by atoms with E-state index in [0.717, 1.165) is 23.1 Å². The summed E-state index contributed by atoms with van der Waals surface area (Å²) >= 11 is 0. The Labute approximate surface area is 221 Å². The summed E-state index contributed by atoms with van der Waals surface area (Å²) in [7, 11) is 0. The summed E-state index contributed by atoms with van der Waals surface area (Å²) in [5, 5.41) is 17.5. The van der Waals surface area contributed by atoms with Crippen molar-refractivity contribution < 1.29 is 46.0 Å². The summed E-state index contributed by atoms with van der Waals surface area (Å²) in [6, 6.07) is 36.3. The van der Waals surface area contributed by atoms with Gasteiger partial charge in [0.15, 0.2) is 0 Å². The smallest absolute Gasteiger partial charge is 1.00 e. The van der Waals surface area contributed by atoms with Crippen LogP contribution in [-0.2, 0) is 17.6 Å². The van der Waals surface area contributed by atoms with Crippen molar-refractivity contribution in [2.45, 2.75) is 12.8 Å². The average Bonchev–Trinajstić information content (AvgIpc) is 2.82. The van der Waals surface area contributed by atoms with E-state index in [4.69, 9.17) is 10.2 Å². The van der Waals surface area contributed by atoms with Crippen LogP contribution >= 0.6 is 0 Å². The van der Waals surface area contributed by atoms with Crippen LogP contribution in [0.15, 0.2) is 109 Å². The molecule has 4 aromatic rings. The zero-order valence-electron chi connectivity index (χ0n) is 19.9. The molecule has 4 rings (SSSR count). The van der Waals surface area contributed by atoms with Gasteiger partial charge in [0.25, 0.3) is 0 Å². The first-order chi connectivity index (χ1) is 15.2. The maximum Gasteiger partial charge on any atom is 1.00 e. The van der Waals surface area contributed by atoms with Gasteiger partial charge in [-0.1, -0.05) is 109 Å². The third kappa shape index (κ3) is 9.41. The Hall–Kier alpha value is -2.63. The van der Waals surface area contributed by atoms with Crippen molar-refractivity contribution in [2.24, 2.45) is 0 Å². The molecule has 0 aliphatic carbocycles. The van der Waals surface area contributed by atoms with Gasteiger partial charge in [0.1, 0.15) is 0 Å². The van der Waals surface area contributed by atoms with Gasteiger partial charge < -0.3 is 11.6 Å². The second kappa shape index (κ2) is 15.3. The van der Waals surface area contributed by atoms with Crippen LogP contribution in [0.25, 0.3) is 22.3 Å². The van der Waals surface area contributed by atoms with Crippen LogP contribution in [-0.4, -0.2) is 31.2 Å². The van der Waals surface area contributed by atoms with E-state index >= 15 is 0 Å². The number of carboxylic acids is 1. The number of aliphatic carboxylic acids is 1. The van der Waals surface area contributed by atoms with E-state index in [0.29, 0.717) is 0 Å². The van der Waals surface area contributed by atoms with Gasteiger partial charge >= 0.3 is 35.5 Å². The molecule has 0 bridgehead atoms. The number of aliphatic hydroxyl groups excluding tert-OH is 1. The Morgan fingerprint density at radius 3 is 1.33 bits per heavy atom. The summed E-state index contributed by atoms with van der Waals surface area (Å²) in [5.41, 5.74) is 6.70. The summed E-state index contributed by atoms with van der Waals surface area (Å²) < 4.78 is 0. The van der Waals surface area contributed by atoms with Crippen molar-refractivity contribution in [1.82, 2.24) is 0 Å². The predicted molar refractivity (Wildman–Crippen MR) is 133 cm³/mol. The average molecular weight is 445 g/mol. The van der Waals surface area contributed by atoms with Crippen molar-refractivity contribution in [3.8, 4) is 22.3 Å². The molecule has 3 nitrogen and oxygen atoms in total. The van der Waals surface area contributed by atoms with Crippen molar-refractivity contribution in [2.75, 3.05) is 6.61 Å². The van der Waals surface area contributed by atoms with Crippen LogP contribution in [0.2, 0.25) is 0 Å². The molecule has 0 saturated carbocycles. The molecule has 3 radical (unpaired) electrons. The SMILES string of the molecule is O=C(O)Cc1ccc(-c2ccccc2)cc1.OCCc1ccc(-c2ccccc2)cc1.[B].[H-].[Na+]. The zero-order chi connectivity index (χ0) is 21.9. The van der Waals surface area contributed by atoms with Gasteiger partial charge in [0.2, 0.25) is 0 Å². The fourth-order valence-electron chi connectivity index (χ4n) is 3.24. The first-order valence-corrected chi connectivity index (χ1v) is 10.3. The molecule has 0 fully saturated rings. The molecule has 4 aromatic carbocycles. The molecule has 0 amide bonds. The van der Waals surface area contributed by atoms with Crippen LogP contribution in [0.4, 0.5) is 0 Å². The Morgan fingerprint density at radius 2 is 0.970 bits per heavy atom. The van der Waals surface area contributed by atoms with Crippen LogP contribution < -0.4 is 29.6 Å². The minimum atomic E-state index is -0.799. The number of aliphatic hydroxyl groups is 1. The largest absolute Gasteiger partial charge is 1.00 e. The molecule has 5 heteroatoms. The molecule has 0 unspecified atom stereocenters. The molecule has 0 aliphatic rings. The Morgan fingerprint density at radius 1 is 0.606 bits per heavy atom. The second-order valence-electron chi connectivity index (χ2n) is 7.17. The molecular formula is C28H27BNaO3. The molecule has 161 valence electrons. The van der Waals surface area contributed by atoms with Crippen LogP contribution in [0.1, 0.15) is 12.6 Å². The number of carbonyl (C=O) groups is 1. The second-order valence-corrected chi connectivity index (χ2v) is 7.17. The minimum absolute atomic E-state index is 0. The summed E-state index contributed by atoms with van der Waals surface area (Å²) in [6.45, 7) is 0.213. The summed E-state index contributed by atoms with van der Waals surface area (Å²) in [4.78, 5) is 10.5. The maximum absolute atomic E-state index is 10.5. The maximum atomic E-state index is 10.5. The van der Waals surface area contributed by atoms with Crippen molar-refractivity contribution in [1.29, 1.82) is 0 Å². The van der Waals surface area contributed by atoms with Gasteiger partial charge in [-0.15, -0.1) is 0 Å². The Kier molecular flexibility index (Phi) is 13.1. The van der Waals surface area contributed by atoms with E-state index < -0.39 is 5.97 Å². The van der Waals surface area contributed by atoms with Crippen molar-refractivity contribution in [3.63, 3.8) is 0 Å². The molecule has 0 aromatic heterocycles. The summed E-state index contributed by atoms with van der Waals surface area (Å²) in [5.74, 6) is -0.799. The molecule has 0 heterocycles. The van der Waals surface area contributed by atoms with Gasteiger partial charge in [-0.3, -0.25) is 4.79 Å². The van der Waals surface area contributed by atoms with Crippen molar-refractivity contribution in [3.05, 3.63) is 120 Å². The minimum Gasteiger partial charge on any atom is -1.00 e. The van der Waals surface area contributed by atoms with Crippen LogP contribution in [0.3, 0.4) is 0 Å². The molecule has 0 saturated heterocycles. The number of carboxylic acid groups (broad SMARTS) is 1. The first-order valence-electron chi connectivity index (χ1n) is 10.3. The molecule has 0 aliphatic heterocycles. The van der Waals surface area contributed by atoms with E-state index in [-0.39, 0.29) is 52.4 Å². The normalized spacial score (nSPS) is 9.48. The van der Waals surface area contributed by atoms with Crippen LogP contribution in [0.5, 0.6) is 0 Å². The summed E-state index contributed by atoms with van der Waals surface area (Å²) in [6.07, 6.45) is 0.810. The fraction of sp³-hybridized carbons (Fsp3) is 0.107. The standard InChI is InChI=1S/C14H12O2.C14H14O.B.Na.H/c15-14(16)10-11-6-8-13(9-7-11)12-4-2-1-3-5-12;15-11-10-12-6-8-14(9-7-12)13-4-2-1-3-5-13;;;/h1-9H,10H2,(H,15,16);1-9,15H,10-11H2;;;/q;;;+1;-1. The monoisotopic (exact) mass is 445 g/mol. The third-order valence-corrected chi connectivity index (χ3v) is 4.88. The van der Waals surface area contributed by atoms with E-state index in [2.05, 4.69) is 36.4 Å². The molecule has 33 heavy (non-hydrogen) atoms. The molecule has 0 atom stereocenters. The number of rotatable bonds is 6. The third-order valence-electron chi connectivity index (χ3n) is 4.88. The van der Waals surface area contributed by atoms with Gasteiger partial charge in [-0.25, -0.2) is 0 Å². The van der Waals surface area contributed by atoms with Gasteiger partial charge in [-0.2, -0.15) is 0 Å². The Bertz CT molecular complexity index is 1070. The Balaban J connectivity index is 0.000000590.